The van der Waals surface area contributed by atoms with Crippen LogP contribution in [0.25, 0.3) is 0 Å². The molecule has 1 N–H and O–H groups in total. The molecule has 8 heteroatoms. The number of aryl methyl sites for hydroxylation is 3. The zero-order valence-electron chi connectivity index (χ0n) is 24.8. The predicted molar refractivity (Wildman–Crippen MR) is 165 cm³/mol. The number of hydrogen-bond donors (Lipinski definition) is 1. The molecule has 3 heterocycles. The molecule has 1 atom stereocenters. The SMILES string of the molecule is CNCCC(C)N1CCC(N(Cc2cnccc2C)c2ccc(OC)cc2)CC1.Cc1cc(Cl)nc(C)c1C=O. The number of carbonyl (C=O) groups is 1. The summed E-state index contributed by atoms with van der Waals surface area (Å²) >= 11 is 5.65. The van der Waals surface area contributed by atoms with Gasteiger partial charge in [0, 0.05) is 61.1 Å². The van der Waals surface area contributed by atoms with Gasteiger partial charge in [0.2, 0.25) is 0 Å². The first-order valence-electron chi connectivity index (χ1n) is 14.0. The summed E-state index contributed by atoms with van der Waals surface area (Å²) in [5.74, 6) is 0.902. The van der Waals surface area contributed by atoms with Gasteiger partial charge < -0.3 is 19.9 Å². The summed E-state index contributed by atoms with van der Waals surface area (Å²) in [7, 11) is 3.75. The zero-order chi connectivity index (χ0) is 29.1. The zero-order valence-corrected chi connectivity index (χ0v) is 25.5. The van der Waals surface area contributed by atoms with Crippen LogP contribution in [0, 0.1) is 20.8 Å². The summed E-state index contributed by atoms with van der Waals surface area (Å²) in [4.78, 5) is 24.0. The van der Waals surface area contributed by atoms with Crippen molar-refractivity contribution < 1.29 is 9.53 Å². The predicted octanol–water partition coefficient (Wildman–Crippen LogP) is 6.03. The van der Waals surface area contributed by atoms with Crippen LogP contribution in [0.3, 0.4) is 0 Å². The quantitative estimate of drug-likeness (QED) is 0.238. The number of nitrogens with one attached hydrogen (secondary N) is 1. The summed E-state index contributed by atoms with van der Waals surface area (Å²) < 4.78 is 5.36. The van der Waals surface area contributed by atoms with Crippen LogP contribution in [0.1, 0.15) is 58.9 Å². The smallest absolute Gasteiger partial charge is 0.152 e. The van der Waals surface area contributed by atoms with E-state index in [2.05, 4.69) is 69.3 Å². The van der Waals surface area contributed by atoms with E-state index < -0.39 is 0 Å². The third-order valence-corrected chi connectivity index (χ3v) is 8.00. The molecule has 2 aromatic heterocycles. The topological polar surface area (TPSA) is 70.6 Å². The molecular formula is C32H44ClN5O2. The average Bonchev–Trinajstić information content (AvgIpc) is 2.96. The van der Waals surface area contributed by atoms with Crippen LogP contribution >= 0.6 is 11.6 Å². The Labute approximate surface area is 244 Å². The molecule has 0 aliphatic carbocycles. The minimum absolute atomic E-state index is 0.436. The molecule has 0 saturated carbocycles. The van der Waals surface area contributed by atoms with Gasteiger partial charge in [0.1, 0.15) is 10.9 Å². The van der Waals surface area contributed by atoms with E-state index in [0.717, 1.165) is 43.8 Å². The largest absolute Gasteiger partial charge is 0.497 e. The highest BCUT2D eigenvalue weighted by Crippen LogP contribution is 2.29. The summed E-state index contributed by atoms with van der Waals surface area (Å²) in [5.41, 5.74) is 6.05. The minimum Gasteiger partial charge on any atom is -0.497 e. The van der Waals surface area contributed by atoms with Crippen molar-refractivity contribution in [1.29, 1.82) is 0 Å². The lowest BCUT2D eigenvalue weighted by Crippen LogP contribution is -2.48. The van der Waals surface area contributed by atoms with Crippen molar-refractivity contribution in [1.82, 2.24) is 20.2 Å². The molecule has 0 amide bonds. The third-order valence-electron chi connectivity index (χ3n) is 7.81. The fraction of sp³-hybridized carbons (Fsp3) is 0.469. The highest BCUT2D eigenvalue weighted by Gasteiger charge is 2.27. The van der Waals surface area contributed by atoms with E-state index in [4.69, 9.17) is 16.3 Å². The van der Waals surface area contributed by atoms with E-state index in [1.54, 1.807) is 20.1 Å². The molecule has 1 saturated heterocycles. The molecule has 1 unspecified atom stereocenters. The second-order valence-corrected chi connectivity index (χ2v) is 10.9. The molecule has 0 spiro atoms. The number of ether oxygens (including phenoxy) is 1. The number of anilines is 1. The van der Waals surface area contributed by atoms with Crippen LogP contribution in [0.2, 0.25) is 5.15 Å². The number of carbonyl (C=O) groups excluding carboxylic acids is 1. The highest BCUT2D eigenvalue weighted by molar-refractivity contribution is 6.29. The van der Waals surface area contributed by atoms with Crippen molar-refractivity contribution in [3.8, 4) is 5.75 Å². The van der Waals surface area contributed by atoms with Gasteiger partial charge in [-0.25, -0.2) is 4.98 Å². The van der Waals surface area contributed by atoms with Crippen molar-refractivity contribution >= 4 is 23.6 Å². The number of aromatic nitrogens is 2. The molecule has 1 aliphatic rings. The molecule has 4 rings (SSSR count). The van der Waals surface area contributed by atoms with Crippen LogP contribution in [-0.2, 0) is 6.54 Å². The number of likely N-dealkylation sites (tertiary alicyclic amines) is 1. The normalized spacial score (nSPS) is 14.7. The summed E-state index contributed by atoms with van der Waals surface area (Å²) in [6.45, 7) is 12.4. The Balaban J connectivity index is 0.000000336. The Morgan fingerprint density at radius 2 is 1.85 bits per heavy atom. The number of pyridine rings is 2. The van der Waals surface area contributed by atoms with Crippen LogP contribution in [0.4, 0.5) is 5.69 Å². The number of rotatable bonds is 10. The number of piperidine rings is 1. The van der Waals surface area contributed by atoms with Crippen molar-refractivity contribution in [3.63, 3.8) is 0 Å². The minimum atomic E-state index is 0.436. The monoisotopic (exact) mass is 565 g/mol. The van der Waals surface area contributed by atoms with Gasteiger partial charge in [0.25, 0.3) is 0 Å². The summed E-state index contributed by atoms with van der Waals surface area (Å²) in [6, 6.07) is 13.5. The molecule has 0 bridgehead atoms. The van der Waals surface area contributed by atoms with Crippen molar-refractivity contribution in [2.75, 3.05) is 38.7 Å². The number of halogens is 1. The van der Waals surface area contributed by atoms with Gasteiger partial charge in [-0.3, -0.25) is 9.78 Å². The lowest BCUT2D eigenvalue weighted by Gasteiger charge is -2.42. The van der Waals surface area contributed by atoms with Crippen LogP contribution in [0.15, 0.2) is 48.8 Å². The van der Waals surface area contributed by atoms with E-state index in [1.807, 2.05) is 26.4 Å². The van der Waals surface area contributed by atoms with Gasteiger partial charge in [-0.15, -0.1) is 0 Å². The Morgan fingerprint density at radius 3 is 2.42 bits per heavy atom. The van der Waals surface area contributed by atoms with Crippen LogP contribution in [0.5, 0.6) is 5.75 Å². The number of methoxy groups -OCH3 is 1. The van der Waals surface area contributed by atoms with E-state index in [1.165, 1.54) is 36.1 Å². The maximum atomic E-state index is 10.5. The average molecular weight is 566 g/mol. The summed E-state index contributed by atoms with van der Waals surface area (Å²) in [6.07, 6.45) is 8.28. The Morgan fingerprint density at radius 1 is 1.15 bits per heavy atom. The van der Waals surface area contributed by atoms with E-state index in [0.29, 0.717) is 28.5 Å². The number of nitrogens with zero attached hydrogens (tertiary/aromatic N) is 4. The third kappa shape index (κ3) is 8.75. The van der Waals surface area contributed by atoms with Gasteiger partial charge in [0.15, 0.2) is 6.29 Å². The van der Waals surface area contributed by atoms with Gasteiger partial charge in [-0.05, 0) is 114 Å². The second-order valence-electron chi connectivity index (χ2n) is 10.5. The molecule has 40 heavy (non-hydrogen) atoms. The molecule has 0 radical (unpaired) electrons. The highest BCUT2D eigenvalue weighted by atomic mass is 35.5. The lowest BCUT2D eigenvalue weighted by atomic mass is 9.99. The maximum absolute atomic E-state index is 10.5. The standard InChI is InChI=1S/C24H36N4O.C8H8ClNO/c1-19-9-14-26-17-21(19)18-28(22-5-7-24(29-4)8-6-22)23-11-15-27(16-12-23)20(2)10-13-25-3;1-5-3-8(9)10-6(2)7(5)4-11/h5-9,14,17,20,23,25H,10-13,15-16,18H2,1-4H3;3-4H,1-2H3. The fourth-order valence-corrected chi connectivity index (χ4v) is 5.49. The first kappa shape index (κ1) is 31.5. The van der Waals surface area contributed by atoms with Crippen molar-refractivity contribution in [2.24, 2.45) is 0 Å². The Bertz CT molecular complexity index is 1190. The Kier molecular flexibility index (Phi) is 12.4. The van der Waals surface area contributed by atoms with Gasteiger partial charge >= 0.3 is 0 Å². The van der Waals surface area contributed by atoms with Crippen molar-refractivity contribution in [3.05, 3.63) is 81.9 Å². The van der Waals surface area contributed by atoms with Crippen LogP contribution < -0.4 is 15.0 Å². The molecule has 1 fully saturated rings. The molecule has 1 aromatic carbocycles. The van der Waals surface area contributed by atoms with Gasteiger partial charge in [-0.2, -0.15) is 0 Å². The fourth-order valence-electron chi connectivity index (χ4n) is 5.20. The first-order valence-corrected chi connectivity index (χ1v) is 14.4. The van der Waals surface area contributed by atoms with Crippen LogP contribution in [-0.4, -0.2) is 67.0 Å². The second kappa shape index (κ2) is 15.7. The van der Waals surface area contributed by atoms with Gasteiger partial charge in [0.05, 0.1) is 7.11 Å². The lowest BCUT2D eigenvalue weighted by molar-refractivity contribution is 0.112. The van der Waals surface area contributed by atoms with E-state index >= 15 is 0 Å². The molecule has 7 nitrogen and oxygen atoms in total. The molecule has 216 valence electrons. The molecular weight excluding hydrogens is 522 g/mol. The number of aldehydes is 1. The summed E-state index contributed by atoms with van der Waals surface area (Å²) in [5, 5.41) is 3.71. The van der Waals surface area contributed by atoms with E-state index in [9.17, 15) is 4.79 Å². The number of benzene rings is 1. The Hall–Kier alpha value is -3.00. The maximum Gasteiger partial charge on any atom is 0.152 e. The van der Waals surface area contributed by atoms with Gasteiger partial charge in [-0.1, -0.05) is 11.6 Å². The number of hydrogen-bond acceptors (Lipinski definition) is 7. The molecule has 1 aliphatic heterocycles. The van der Waals surface area contributed by atoms with Crippen molar-refractivity contribution in [2.45, 2.75) is 65.6 Å². The molecule has 3 aromatic rings. The first-order chi connectivity index (χ1) is 19.3. The van der Waals surface area contributed by atoms with E-state index in [-0.39, 0.29) is 0 Å².